The molecule has 0 bridgehead atoms. The number of rotatable bonds is 4. The summed E-state index contributed by atoms with van der Waals surface area (Å²) < 4.78 is 10.3. The highest BCUT2D eigenvalue weighted by molar-refractivity contribution is 7.09. The van der Waals surface area contributed by atoms with Gasteiger partial charge < -0.3 is 10.1 Å². The molecule has 15 heavy (non-hydrogen) atoms. The summed E-state index contributed by atoms with van der Waals surface area (Å²) in [6, 6.07) is 0. The second-order valence-corrected chi connectivity index (χ2v) is 4.56. The van der Waals surface area contributed by atoms with Gasteiger partial charge in [-0.3, -0.25) is 0 Å². The summed E-state index contributed by atoms with van der Waals surface area (Å²) >= 11 is 1.41. The van der Waals surface area contributed by atoms with Gasteiger partial charge in [0.05, 0.1) is 0 Å². The van der Waals surface area contributed by atoms with E-state index in [1.807, 2.05) is 14.0 Å². The number of ether oxygens (including phenoxy) is 1. The van der Waals surface area contributed by atoms with E-state index in [4.69, 9.17) is 4.74 Å². The minimum atomic E-state index is -0.194. The van der Waals surface area contributed by atoms with E-state index in [1.165, 1.54) is 24.4 Å². The Labute approximate surface area is 94.2 Å². The molecule has 0 unspecified atom stereocenters. The van der Waals surface area contributed by atoms with Gasteiger partial charge in [0.2, 0.25) is 5.13 Å². The maximum atomic E-state index is 5.89. The standard InChI is InChI=1S/C10H17N3OS/c1-3-14-10(6-4-5-7-10)8-12-9(11-2)15-13-8/h3-7H2,1-2H3,(H,11,12,13). The predicted molar refractivity (Wildman–Crippen MR) is 61.2 cm³/mol. The molecule has 5 heteroatoms. The molecule has 1 aromatic heterocycles. The lowest BCUT2D eigenvalue weighted by molar-refractivity contribution is -0.0447. The van der Waals surface area contributed by atoms with Crippen LogP contribution in [0.4, 0.5) is 5.13 Å². The fraction of sp³-hybridized carbons (Fsp3) is 0.800. The Morgan fingerprint density at radius 2 is 2.20 bits per heavy atom. The molecule has 1 aliphatic rings. The maximum absolute atomic E-state index is 5.89. The Morgan fingerprint density at radius 3 is 2.73 bits per heavy atom. The second kappa shape index (κ2) is 4.45. The largest absolute Gasteiger partial charge is 0.367 e. The first-order valence-electron chi connectivity index (χ1n) is 5.46. The Balaban J connectivity index is 2.23. The number of nitrogens with zero attached hydrogens (tertiary/aromatic N) is 2. The van der Waals surface area contributed by atoms with Crippen molar-refractivity contribution in [2.45, 2.75) is 38.2 Å². The molecule has 0 aromatic carbocycles. The van der Waals surface area contributed by atoms with Crippen LogP contribution in [0.3, 0.4) is 0 Å². The monoisotopic (exact) mass is 227 g/mol. The number of aromatic nitrogens is 2. The first kappa shape index (κ1) is 10.8. The third-order valence-corrected chi connectivity index (χ3v) is 3.61. The second-order valence-electron chi connectivity index (χ2n) is 3.81. The van der Waals surface area contributed by atoms with Crippen LogP contribution in [0.5, 0.6) is 0 Å². The Morgan fingerprint density at radius 1 is 1.47 bits per heavy atom. The first-order chi connectivity index (χ1) is 7.30. The van der Waals surface area contributed by atoms with Gasteiger partial charge in [-0.15, -0.1) is 0 Å². The topological polar surface area (TPSA) is 47.0 Å². The van der Waals surface area contributed by atoms with Crippen LogP contribution in [0.1, 0.15) is 38.4 Å². The lowest BCUT2D eigenvalue weighted by atomic mass is 10.0. The van der Waals surface area contributed by atoms with Gasteiger partial charge in [-0.2, -0.15) is 4.37 Å². The van der Waals surface area contributed by atoms with Gasteiger partial charge in [0.25, 0.3) is 0 Å². The third-order valence-electron chi connectivity index (χ3n) is 2.88. The Bertz CT molecular complexity index is 320. The first-order valence-corrected chi connectivity index (χ1v) is 6.24. The highest BCUT2D eigenvalue weighted by Gasteiger charge is 2.40. The van der Waals surface area contributed by atoms with Gasteiger partial charge in [0.15, 0.2) is 5.82 Å². The van der Waals surface area contributed by atoms with E-state index in [2.05, 4.69) is 14.7 Å². The molecular weight excluding hydrogens is 210 g/mol. The van der Waals surface area contributed by atoms with Crippen LogP contribution in [0.25, 0.3) is 0 Å². The van der Waals surface area contributed by atoms with Crippen LogP contribution >= 0.6 is 11.5 Å². The molecule has 2 rings (SSSR count). The molecule has 1 N–H and O–H groups in total. The summed E-state index contributed by atoms with van der Waals surface area (Å²) in [4.78, 5) is 4.47. The molecule has 0 amide bonds. The Kier molecular flexibility index (Phi) is 3.21. The summed E-state index contributed by atoms with van der Waals surface area (Å²) in [6.45, 7) is 2.76. The normalized spacial score (nSPS) is 19.3. The zero-order chi connectivity index (χ0) is 10.7. The number of nitrogens with one attached hydrogen (secondary N) is 1. The minimum absolute atomic E-state index is 0.194. The van der Waals surface area contributed by atoms with Crippen molar-refractivity contribution in [2.24, 2.45) is 0 Å². The van der Waals surface area contributed by atoms with Crippen molar-refractivity contribution in [3.63, 3.8) is 0 Å². The number of hydrogen-bond donors (Lipinski definition) is 1. The lowest BCUT2D eigenvalue weighted by Gasteiger charge is -2.25. The molecule has 1 aromatic rings. The SMILES string of the molecule is CCOC1(c2nsc(NC)n2)CCCC1. The summed E-state index contributed by atoms with van der Waals surface area (Å²) in [5.74, 6) is 0.871. The van der Waals surface area contributed by atoms with Crippen LogP contribution in [0.2, 0.25) is 0 Å². The molecule has 4 nitrogen and oxygen atoms in total. The van der Waals surface area contributed by atoms with Crippen molar-refractivity contribution in [2.75, 3.05) is 19.0 Å². The summed E-state index contributed by atoms with van der Waals surface area (Å²) in [6.07, 6.45) is 4.55. The smallest absolute Gasteiger partial charge is 0.202 e. The van der Waals surface area contributed by atoms with E-state index in [-0.39, 0.29) is 5.60 Å². The maximum Gasteiger partial charge on any atom is 0.202 e. The molecular formula is C10H17N3OS. The van der Waals surface area contributed by atoms with E-state index in [0.717, 1.165) is 30.4 Å². The molecule has 84 valence electrons. The molecule has 0 saturated heterocycles. The fourth-order valence-electron chi connectivity index (χ4n) is 2.16. The van der Waals surface area contributed by atoms with Crippen molar-refractivity contribution >= 4 is 16.7 Å². The summed E-state index contributed by atoms with van der Waals surface area (Å²) in [5.41, 5.74) is -0.194. The van der Waals surface area contributed by atoms with Crippen molar-refractivity contribution in [1.29, 1.82) is 0 Å². The molecule has 0 spiro atoms. The molecule has 1 heterocycles. The predicted octanol–water partition coefficient (Wildman–Crippen LogP) is 2.39. The Hall–Kier alpha value is -0.680. The van der Waals surface area contributed by atoms with Crippen molar-refractivity contribution in [3.8, 4) is 0 Å². The van der Waals surface area contributed by atoms with Crippen molar-refractivity contribution < 1.29 is 4.74 Å². The van der Waals surface area contributed by atoms with Gasteiger partial charge in [0, 0.05) is 25.2 Å². The molecule has 1 saturated carbocycles. The molecule has 0 aliphatic heterocycles. The number of hydrogen-bond acceptors (Lipinski definition) is 5. The van der Waals surface area contributed by atoms with E-state index in [1.54, 1.807) is 0 Å². The van der Waals surface area contributed by atoms with Gasteiger partial charge in [-0.25, -0.2) is 4.98 Å². The molecule has 1 aliphatic carbocycles. The average molecular weight is 227 g/mol. The van der Waals surface area contributed by atoms with E-state index >= 15 is 0 Å². The van der Waals surface area contributed by atoms with Crippen LogP contribution in [-0.2, 0) is 10.3 Å². The quantitative estimate of drug-likeness (QED) is 0.858. The van der Waals surface area contributed by atoms with E-state index in [9.17, 15) is 0 Å². The summed E-state index contributed by atoms with van der Waals surface area (Å²) in [7, 11) is 1.87. The highest BCUT2D eigenvalue weighted by atomic mass is 32.1. The van der Waals surface area contributed by atoms with Crippen LogP contribution in [0.15, 0.2) is 0 Å². The molecule has 0 atom stereocenters. The van der Waals surface area contributed by atoms with Gasteiger partial charge in [0.1, 0.15) is 5.60 Å². The van der Waals surface area contributed by atoms with E-state index < -0.39 is 0 Å². The van der Waals surface area contributed by atoms with Crippen LogP contribution in [0, 0.1) is 0 Å². The fourth-order valence-corrected chi connectivity index (χ4v) is 2.76. The van der Waals surface area contributed by atoms with Gasteiger partial charge in [-0.05, 0) is 32.6 Å². The van der Waals surface area contributed by atoms with E-state index in [0.29, 0.717) is 0 Å². The van der Waals surface area contributed by atoms with Crippen molar-refractivity contribution in [1.82, 2.24) is 9.36 Å². The molecule has 1 fully saturated rings. The van der Waals surface area contributed by atoms with Crippen LogP contribution < -0.4 is 5.32 Å². The lowest BCUT2D eigenvalue weighted by Crippen LogP contribution is -2.27. The van der Waals surface area contributed by atoms with Crippen LogP contribution in [-0.4, -0.2) is 23.0 Å². The van der Waals surface area contributed by atoms with Gasteiger partial charge in [-0.1, -0.05) is 0 Å². The highest BCUT2D eigenvalue weighted by Crippen LogP contribution is 2.41. The number of anilines is 1. The van der Waals surface area contributed by atoms with Gasteiger partial charge >= 0.3 is 0 Å². The zero-order valence-electron chi connectivity index (χ0n) is 9.25. The minimum Gasteiger partial charge on any atom is -0.367 e. The average Bonchev–Trinajstić information content (AvgIpc) is 2.85. The third kappa shape index (κ3) is 1.99. The summed E-state index contributed by atoms with van der Waals surface area (Å²) in [5, 5.41) is 3.89. The zero-order valence-corrected chi connectivity index (χ0v) is 10.1. The molecule has 0 radical (unpaired) electrons. The van der Waals surface area contributed by atoms with Crippen molar-refractivity contribution in [3.05, 3.63) is 5.82 Å².